The van der Waals surface area contributed by atoms with Gasteiger partial charge < -0.3 is 10.2 Å². The standard InChI is InChI=1S/C13H18N2O5S/c16-10-9-15(21(19,20)14-7-1-2-8-14)12-5-3-11(4-6-12)13(17)18/h3-6,16H,1-2,7-10H2,(H,17,18). The van der Waals surface area contributed by atoms with E-state index in [1.807, 2.05) is 0 Å². The van der Waals surface area contributed by atoms with E-state index >= 15 is 0 Å². The van der Waals surface area contributed by atoms with Gasteiger partial charge in [0, 0.05) is 13.1 Å². The minimum atomic E-state index is -3.69. The molecule has 8 heteroatoms. The summed E-state index contributed by atoms with van der Waals surface area (Å²) in [6, 6.07) is 5.57. The fourth-order valence-electron chi connectivity index (χ4n) is 2.30. The predicted octanol–water partition coefficient (Wildman–Crippen LogP) is 0.524. The van der Waals surface area contributed by atoms with Gasteiger partial charge in [0.05, 0.1) is 24.4 Å². The largest absolute Gasteiger partial charge is 0.478 e. The van der Waals surface area contributed by atoms with Crippen molar-refractivity contribution in [1.82, 2.24) is 4.31 Å². The Balaban J connectivity index is 2.31. The Hall–Kier alpha value is -1.64. The van der Waals surface area contributed by atoms with Crippen LogP contribution >= 0.6 is 0 Å². The first-order valence-electron chi connectivity index (χ1n) is 6.69. The molecule has 2 rings (SSSR count). The molecule has 0 aliphatic carbocycles. The van der Waals surface area contributed by atoms with Crippen LogP contribution in [0, 0.1) is 0 Å². The first kappa shape index (κ1) is 15.7. The lowest BCUT2D eigenvalue weighted by atomic mass is 10.2. The third-order valence-corrected chi connectivity index (χ3v) is 5.34. The van der Waals surface area contributed by atoms with Crippen molar-refractivity contribution in [1.29, 1.82) is 0 Å². The number of carbonyl (C=O) groups is 1. The van der Waals surface area contributed by atoms with Crippen molar-refractivity contribution in [2.75, 3.05) is 30.5 Å². The summed E-state index contributed by atoms with van der Waals surface area (Å²) in [4.78, 5) is 10.8. The Kier molecular flexibility index (Phi) is 4.81. The molecule has 2 N–H and O–H groups in total. The van der Waals surface area contributed by atoms with Crippen LogP contribution in [0.1, 0.15) is 23.2 Å². The number of aromatic carboxylic acids is 1. The van der Waals surface area contributed by atoms with E-state index in [4.69, 9.17) is 10.2 Å². The number of hydrogen-bond donors (Lipinski definition) is 2. The number of anilines is 1. The van der Waals surface area contributed by atoms with Crippen molar-refractivity contribution in [3.8, 4) is 0 Å². The average molecular weight is 314 g/mol. The Morgan fingerprint density at radius 1 is 1.19 bits per heavy atom. The smallest absolute Gasteiger partial charge is 0.335 e. The van der Waals surface area contributed by atoms with Crippen molar-refractivity contribution in [3.05, 3.63) is 29.8 Å². The second-order valence-corrected chi connectivity index (χ2v) is 6.61. The number of carboxylic acids is 1. The zero-order chi connectivity index (χ0) is 15.5. The Morgan fingerprint density at radius 2 is 1.76 bits per heavy atom. The van der Waals surface area contributed by atoms with E-state index in [1.54, 1.807) is 0 Å². The molecular weight excluding hydrogens is 296 g/mol. The normalized spacial score (nSPS) is 16.0. The molecule has 1 fully saturated rings. The van der Waals surface area contributed by atoms with E-state index in [1.165, 1.54) is 28.6 Å². The van der Waals surface area contributed by atoms with Crippen LogP contribution in [0.15, 0.2) is 24.3 Å². The summed E-state index contributed by atoms with van der Waals surface area (Å²) in [5, 5.41) is 18.0. The van der Waals surface area contributed by atoms with Gasteiger partial charge in [0.15, 0.2) is 0 Å². The molecule has 0 amide bonds. The molecular formula is C13H18N2O5S. The molecule has 0 bridgehead atoms. The highest BCUT2D eigenvalue weighted by Gasteiger charge is 2.31. The number of benzene rings is 1. The van der Waals surface area contributed by atoms with Crippen molar-refractivity contribution >= 4 is 21.9 Å². The summed E-state index contributed by atoms with van der Waals surface area (Å²) >= 11 is 0. The molecule has 1 aromatic rings. The first-order valence-corrected chi connectivity index (χ1v) is 8.08. The Labute approximate surface area is 123 Å². The van der Waals surface area contributed by atoms with Gasteiger partial charge in [-0.05, 0) is 37.1 Å². The zero-order valence-corrected chi connectivity index (χ0v) is 12.3. The summed E-state index contributed by atoms with van der Waals surface area (Å²) < 4.78 is 27.6. The van der Waals surface area contributed by atoms with Gasteiger partial charge in [0.25, 0.3) is 0 Å². The predicted molar refractivity (Wildman–Crippen MR) is 77.6 cm³/mol. The average Bonchev–Trinajstić information content (AvgIpc) is 2.99. The zero-order valence-electron chi connectivity index (χ0n) is 11.5. The number of nitrogens with zero attached hydrogens (tertiary/aromatic N) is 2. The molecule has 0 saturated carbocycles. The maximum absolute atomic E-state index is 12.6. The molecule has 21 heavy (non-hydrogen) atoms. The summed E-state index contributed by atoms with van der Waals surface area (Å²) in [5.41, 5.74) is 0.433. The van der Waals surface area contributed by atoms with E-state index in [0.717, 1.165) is 17.1 Å². The summed E-state index contributed by atoms with van der Waals surface area (Å²) in [5.74, 6) is -1.07. The van der Waals surface area contributed by atoms with Gasteiger partial charge in [0.1, 0.15) is 0 Å². The number of aliphatic hydroxyl groups is 1. The molecule has 116 valence electrons. The summed E-state index contributed by atoms with van der Waals surface area (Å²) in [6.45, 7) is 0.563. The van der Waals surface area contributed by atoms with Gasteiger partial charge >= 0.3 is 16.2 Å². The van der Waals surface area contributed by atoms with Crippen LogP contribution in [-0.4, -0.2) is 55.1 Å². The number of carboxylic acid groups (broad SMARTS) is 1. The highest BCUT2D eigenvalue weighted by atomic mass is 32.2. The highest BCUT2D eigenvalue weighted by molar-refractivity contribution is 7.90. The Morgan fingerprint density at radius 3 is 2.24 bits per heavy atom. The second kappa shape index (κ2) is 6.42. The summed E-state index contributed by atoms with van der Waals surface area (Å²) in [7, 11) is -3.69. The van der Waals surface area contributed by atoms with Gasteiger partial charge in [-0.15, -0.1) is 0 Å². The van der Waals surface area contributed by atoms with Gasteiger partial charge in [-0.2, -0.15) is 12.7 Å². The molecule has 0 spiro atoms. The van der Waals surface area contributed by atoms with E-state index in [9.17, 15) is 13.2 Å². The Bertz CT molecular complexity index is 593. The number of rotatable bonds is 6. The molecule has 1 heterocycles. The maximum atomic E-state index is 12.6. The SMILES string of the molecule is O=C(O)c1ccc(N(CCO)S(=O)(=O)N2CCCC2)cc1. The maximum Gasteiger partial charge on any atom is 0.335 e. The van der Waals surface area contributed by atoms with E-state index < -0.39 is 16.2 Å². The van der Waals surface area contributed by atoms with Crippen molar-refractivity contribution < 1.29 is 23.4 Å². The van der Waals surface area contributed by atoms with E-state index in [0.29, 0.717) is 18.8 Å². The minimum absolute atomic E-state index is 0.0642. The monoisotopic (exact) mass is 314 g/mol. The quantitative estimate of drug-likeness (QED) is 0.798. The van der Waals surface area contributed by atoms with Crippen molar-refractivity contribution in [2.24, 2.45) is 0 Å². The van der Waals surface area contributed by atoms with Crippen LogP contribution in [0.4, 0.5) is 5.69 Å². The van der Waals surface area contributed by atoms with Gasteiger partial charge in [0.2, 0.25) is 0 Å². The molecule has 0 unspecified atom stereocenters. The molecule has 1 aliphatic rings. The summed E-state index contributed by atoms with van der Waals surface area (Å²) in [6.07, 6.45) is 1.65. The van der Waals surface area contributed by atoms with Crippen LogP contribution in [-0.2, 0) is 10.2 Å². The van der Waals surface area contributed by atoms with Gasteiger partial charge in [-0.25, -0.2) is 4.79 Å². The third kappa shape index (κ3) is 3.34. The van der Waals surface area contributed by atoms with Gasteiger partial charge in [-0.1, -0.05) is 0 Å². The lowest BCUT2D eigenvalue weighted by Gasteiger charge is -2.28. The van der Waals surface area contributed by atoms with Gasteiger partial charge in [-0.3, -0.25) is 4.31 Å². The second-order valence-electron chi connectivity index (χ2n) is 4.76. The minimum Gasteiger partial charge on any atom is -0.478 e. The molecule has 0 aromatic heterocycles. The number of hydrogen-bond acceptors (Lipinski definition) is 4. The third-order valence-electron chi connectivity index (χ3n) is 3.38. The van der Waals surface area contributed by atoms with E-state index in [2.05, 4.69) is 0 Å². The molecule has 1 saturated heterocycles. The molecule has 7 nitrogen and oxygen atoms in total. The topological polar surface area (TPSA) is 98.1 Å². The van der Waals surface area contributed by atoms with Crippen LogP contribution in [0.25, 0.3) is 0 Å². The fourth-order valence-corrected chi connectivity index (χ4v) is 4.00. The van der Waals surface area contributed by atoms with E-state index in [-0.39, 0.29) is 18.7 Å². The fraction of sp³-hybridized carbons (Fsp3) is 0.462. The lowest BCUT2D eigenvalue weighted by Crippen LogP contribution is -2.44. The van der Waals surface area contributed by atoms with Crippen molar-refractivity contribution in [2.45, 2.75) is 12.8 Å². The molecule has 1 aromatic carbocycles. The molecule has 1 aliphatic heterocycles. The van der Waals surface area contributed by atoms with Crippen LogP contribution in [0.2, 0.25) is 0 Å². The van der Waals surface area contributed by atoms with Crippen LogP contribution in [0.5, 0.6) is 0 Å². The van der Waals surface area contributed by atoms with Crippen LogP contribution in [0.3, 0.4) is 0 Å². The van der Waals surface area contributed by atoms with Crippen molar-refractivity contribution in [3.63, 3.8) is 0 Å². The van der Waals surface area contributed by atoms with Crippen LogP contribution < -0.4 is 4.31 Å². The molecule has 0 radical (unpaired) electrons. The lowest BCUT2D eigenvalue weighted by molar-refractivity contribution is 0.0697. The highest BCUT2D eigenvalue weighted by Crippen LogP contribution is 2.23. The molecule has 0 atom stereocenters. The number of aliphatic hydroxyl groups excluding tert-OH is 1. The first-order chi connectivity index (χ1) is 9.96.